The number of oxazole rings is 1. The van der Waals surface area contributed by atoms with Gasteiger partial charge in [-0.2, -0.15) is 0 Å². The first-order valence-electron chi connectivity index (χ1n) is 9.79. The molecule has 0 radical (unpaired) electrons. The lowest BCUT2D eigenvalue weighted by Gasteiger charge is -2.38. The predicted molar refractivity (Wildman–Crippen MR) is 99.4 cm³/mol. The molecule has 0 aromatic carbocycles. The maximum absolute atomic E-state index is 13.0. The third-order valence-electron chi connectivity index (χ3n) is 5.37. The van der Waals surface area contributed by atoms with Crippen molar-refractivity contribution >= 4 is 11.8 Å². The number of amides is 2. The van der Waals surface area contributed by atoms with Gasteiger partial charge in [-0.15, -0.1) is 0 Å². The summed E-state index contributed by atoms with van der Waals surface area (Å²) in [6.07, 6.45) is 4.24. The molecule has 2 aromatic heterocycles. The van der Waals surface area contributed by atoms with E-state index in [1.54, 1.807) is 30.2 Å². The minimum Gasteiger partial charge on any atom is -0.459 e. The largest absolute Gasteiger partial charge is 0.459 e. The highest BCUT2D eigenvalue weighted by Gasteiger charge is 2.35. The minimum atomic E-state index is -0.392. The van der Waals surface area contributed by atoms with Crippen LogP contribution in [0.15, 0.2) is 27.2 Å². The van der Waals surface area contributed by atoms with Gasteiger partial charge in [-0.05, 0) is 38.3 Å². The summed E-state index contributed by atoms with van der Waals surface area (Å²) in [6, 6.07) is 3.13. The van der Waals surface area contributed by atoms with Crippen LogP contribution in [-0.2, 0) is 20.7 Å². The number of nitrogens with zero attached hydrogens (tertiary/aromatic N) is 3. The van der Waals surface area contributed by atoms with Crippen molar-refractivity contribution in [2.75, 3.05) is 32.8 Å². The average molecular weight is 387 g/mol. The van der Waals surface area contributed by atoms with E-state index in [0.717, 1.165) is 12.8 Å². The van der Waals surface area contributed by atoms with Crippen molar-refractivity contribution in [1.29, 1.82) is 0 Å². The molecule has 8 nitrogen and oxygen atoms in total. The molecule has 4 heterocycles. The zero-order valence-electron chi connectivity index (χ0n) is 16.1. The lowest BCUT2D eigenvalue weighted by molar-refractivity contribution is -0.149. The molecule has 28 heavy (non-hydrogen) atoms. The quantitative estimate of drug-likeness (QED) is 0.797. The molecule has 0 saturated carbocycles. The Labute approximate surface area is 163 Å². The van der Waals surface area contributed by atoms with Crippen molar-refractivity contribution < 1.29 is 23.2 Å². The second-order valence-electron chi connectivity index (χ2n) is 7.21. The number of hydrogen-bond acceptors (Lipinski definition) is 6. The number of piperidine rings is 1. The first-order valence-corrected chi connectivity index (χ1v) is 9.79. The molecule has 2 amide bonds. The molecule has 0 bridgehead atoms. The Morgan fingerprint density at radius 1 is 1.21 bits per heavy atom. The van der Waals surface area contributed by atoms with Crippen LogP contribution in [0.4, 0.5) is 0 Å². The molecule has 150 valence electrons. The molecular weight excluding hydrogens is 362 g/mol. The maximum atomic E-state index is 13.0. The van der Waals surface area contributed by atoms with E-state index < -0.39 is 6.04 Å². The molecule has 2 aliphatic rings. The highest BCUT2D eigenvalue weighted by molar-refractivity contribution is 5.88. The van der Waals surface area contributed by atoms with Crippen LogP contribution in [0, 0.1) is 6.92 Å². The molecule has 2 fully saturated rings. The van der Waals surface area contributed by atoms with Gasteiger partial charge < -0.3 is 23.4 Å². The molecule has 2 saturated heterocycles. The van der Waals surface area contributed by atoms with E-state index >= 15 is 0 Å². The fourth-order valence-corrected chi connectivity index (χ4v) is 3.82. The van der Waals surface area contributed by atoms with E-state index in [1.807, 2.05) is 4.90 Å². The Morgan fingerprint density at radius 3 is 2.79 bits per heavy atom. The number of carbonyl (C=O) groups is 2. The molecule has 1 atom stereocenters. The van der Waals surface area contributed by atoms with Crippen molar-refractivity contribution in [3.05, 3.63) is 29.9 Å². The van der Waals surface area contributed by atoms with Crippen LogP contribution in [0.5, 0.6) is 0 Å². The highest BCUT2D eigenvalue weighted by Crippen LogP contribution is 2.24. The van der Waals surface area contributed by atoms with Gasteiger partial charge in [-0.3, -0.25) is 9.59 Å². The second kappa shape index (κ2) is 8.18. The Morgan fingerprint density at radius 2 is 2.04 bits per heavy atom. The topological polar surface area (TPSA) is 89.0 Å². The van der Waals surface area contributed by atoms with E-state index in [1.165, 1.54) is 0 Å². The lowest BCUT2D eigenvalue weighted by atomic mass is 9.99. The Hall–Kier alpha value is -2.61. The summed E-state index contributed by atoms with van der Waals surface area (Å²) in [5, 5.41) is 0. The summed E-state index contributed by atoms with van der Waals surface area (Å²) in [7, 11) is 0. The summed E-state index contributed by atoms with van der Waals surface area (Å²) < 4.78 is 16.3. The number of ether oxygens (including phenoxy) is 1. The van der Waals surface area contributed by atoms with E-state index in [2.05, 4.69) is 4.98 Å². The summed E-state index contributed by atoms with van der Waals surface area (Å²) in [4.78, 5) is 34.0. The van der Waals surface area contributed by atoms with Gasteiger partial charge >= 0.3 is 0 Å². The number of rotatable bonds is 4. The first kappa shape index (κ1) is 18.7. The Balaban J connectivity index is 1.47. The van der Waals surface area contributed by atoms with Gasteiger partial charge in [-0.25, -0.2) is 4.98 Å². The molecule has 8 heteroatoms. The van der Waals surface area contributed by atoms with E-state index in [4.69, 9.17) is 13.6 Å². The van der Waals surface area contributed by atoms with Gasteiger partial charge in [-0.1, -0.05) is 0 Å². The van der Waals surface area contributed by atoms with Gasteiger partial charge in [0.2, 0.25) is 11.8 Å². The van der Waals surface area contributed by atoms with Crippen LogP contribution in [0.1, 0.15) is 30.7 Å². The van der Waals surface area contributed by atoms with Crippen molar-refractivity contribution in [3.8, 4) is 11.7 Å². The molecular formula is C20H25N3O5. The molecule has 0 unspecified atom stereocenters. The van der Waals surface area contributed by atoms with E-state index in [0.29, 0.717) is 62.4 Å². The normalized spacial score (nSPS) is 20.4. The molecule has 2 aliphatic heterocycles. The molecule has 4 rings (SSSR count). The predicted octanol–water partition coefficient (Wildman–Crippen LogP) is 2.03. The number of carbonyl (C=O) groups excluding carboxylic acids is 2. The van der Waals surface area contributed by atoms with Crippen LogP contribution < -0.4 is 0 Å². The smallest absolute Gasteiger partial charge is 0.263 e. The van der Waals surface area contributed by atoms with E-state index in [-0.39, 0.29) is 18.2 Å². The maximum Gasteiger partial charge on any atom is 0.263 e. The number of furan rings is 1. The zero-order chi connectivity index (χ0) is 19.5. The third kappa shape index (κ3) is 3.82. The van der Waals surface area contributed by atoms with Gasteiger partial charge in [0.05, 0.1) is 31.6 Å². The minimum absolute atomic E-state index is 0.0319. The lowest BCUT2D eigenvalue weighted by Crippen LogP contribution is -2.55. The van der Waals surface area contributed by atoms with Crippen molar-refractivity contribution in [3.63, 3.8) is 0 Å². The van der Waals surface area contributed by atoms with Crippen molar-refractivity contribution in [2.24, 2.45) is 0 Å². The molecule has 0 aliphatic carbocycles. The van der Waals surface area contributed by atoms with Gasteiger partial charge in [0.25, 0.3) is 5.89 Å². The number of morpholine rings is 1. The fourth-order valence-electron chi connectivity index (χ4n) is 3.82. The molecule has 2 aromatic rings. The van der Waals surface area contributed by atoms with Crippen molar-refractivity contribution in [1.82, 2.24) is 14.8 Å². The Bertz CT molecular complexity index is 823. The summed E-state index contributed by atoms with van der Waals surface area (Å²) in [6.45, 7) is 4.68. The number of aromatic nitrogens is 1. The monoisotopic (exact) mass is 387 g/mol. The third-order valence-corrected chi connectivity index (χ3v) is 5.37. The summed E-state index contributed by atoms with van der Waals surface area (Å²) in [5.74, 6) is 1.43. The van der Waals surface area contributed by atoms with Crippen LogP contribution in [0.3, 0.4) is 0 Å². The SMILES string of the molecule is Cc1oc(-c2ccco2)nc1CC(=O)N1CCCC[C@@H]1C(=O)N1CCOCC1. The molecule has 0 spiro atoms. The van der Waals surface area contributed by atoms with Gasteiger partial charge in [0.15, 0.2) is 5.76 Å². The first-order chi connectivity index (χ1) is 13.6. The van der Waals surface area contributed by atoms with Crippen LogP contribution in [0.2, 0.25) is 0 Å². The average Bonchev–Trinajstić information content (AvgIpc) is 3.38. The standard InChI is InChI=1S/C20H25N3O5/c1-14-15(21-19(28-14)17-6-4-10-27-17)13-18(24)23-7-3-2-5-16(23)20(25)22-8-11-26-12-9-22/h4,6,10,16H,2-3,5,7-9,11-13H2,1H3/t16-/m1/s1. The molecule has 0 N–H and O–H groups in total. The van der Waals surface area contributed by atoms with Crippen LogP contribution in [0.25, 0.3) is 11.7 Å². The number of aryl methyl sites for hydroxylation is 1. The Kier molecular flexibility index (Phi) is 5.47. The van der Waals surface area contributed by atoms with Crippen LogP contribution >= 0.6 is 0 Å². The van der Waals surface area contributed by atoms with Crippen molar-refractivity contribution in [2.45, 2.75) is 38.6 Å². The number of hydrogen-bond donors (Lipinski definition) is 0. The highest BCUT2D eigenvalue weighted by atomic mass is 16.5. The number of likely N-dealkylation sites (tertiary alicyclic amines) is 1. The van der Waals surface area contributed by atoms with E-state index in [9.17, 15) is 9.59 Å². The van der Waals surface area contributed by atoms with Gasteiger partial charge in [0.1, 0.15) is 11.8 Å². The fraction of sp³-hybridized carbons (Fsp3) is 0.550. The van der Waals surface area contributed by atoms with Crippen LogP contribution in [-0.4, -0.2) is 65.5 Å². The summed E-state index contributed by atoms with van der Waals surface area (Å²) >= 11 is 0. The summed E-state index contributed by atoms with van der Waals surface area (Å²) in [5.41, 5.74) is 0.583. The van der Waals surface area contributed by atoms with Gasteiger partial charge in [0, 0.05) is 19.6 Å². The zero-order valence-corrected chi connectivity index (χ0v) is 16.1. The second-order valence-corrected chi connectivity index (χ2v) is 7.21.